The first-order valence-corrected chi connectivity index (χ1v) is 13.4. The highest BCUT2D eigenvalue weighted by atomic mass is 79.9. The quantitative estimate of drug-likeness (QED) is 0.297. The van der Waals surface area contributed by atoms with Crippen molar-refractivity contribution in [3.05, 3.63) is 28.9 Å². The van der Waals surface area contributed by atoms with Gasteiger partial charge < -0.3 is 9.84 Å². The van der Waals surface area contributed by atoms with E-state index in [9.17, 15) is 27.9 Å². The molecule has 13 heteroatoms. The molecular formula is C22H25BrF3N3O4S2. The number of rotatable bonds is 9. The normalized spacial score (nSPS) is 14.7. The number of nitrogens with zero attached hydrogens (tertiary/aromatic N) is 2. The standard InChI is InChI=1S/C22H25BrF3N3O4S2/c1-21(2,18(30)31)12-34-17-10-27-19(35-17)28-20(32)29(11-13-5-3-4-6-13)14-7-8-15(23)16(9-14)33-22(24,25)26/h7-10,13H,3-6,11-12H2,1-2H3,(H,30,31)(H,27,28,32). The van der Waals surface area contributed by atoms with E-state index in [2.05, 4.69) is 31.0 Å². The van der Waals surface area contributed by atoms with Gasteiger partial charge in [0.1, 0.15) is 5.75 Å². The van der Waals surface area contributed by atoms with Crippen LogP contribution in [0.25, 0.3) is 0 Å². The number of carbonyl (C=O) groups is 2. The van der Waals surface area contributed by atoms with E-state index in [1.165, 1.54) is 40.1 Å². The number of aliphatic carboxylic acids is 1. The minimum atomic E-state index is -4.87. The van der Waals surface area contributed by atoms with Crippen LogP contribution >= 0.6 is 39.0 Å². The van der Waals surface area contributed by atoms with Crippen LogP contribution in [0, 0.1) is 11.3 Å². The second kappa shape index (κ2) is 11.4. The lowest BCUT2D eigenvalue weighted by atomic mass is 9.97. The molecule has 3 rings (SSSR count). The van der Waals surface area contributed by atoms with E-state index in [0.29, 0.717) is 17.4 Å². The minimum absolute atomic E-state index is 0.116. The first kappa shape index (κ1) is 27.6. The average molecular weight is 596 g/mol. The maximum Gasteiger partial charge on any atom is 0.573 e. The number of thiazole rings is 1. The van der Waals surface area contributed by atoms with Gasteiger partial charge in [-0.2, -0.15) is 0 Å². The minimum Gasteiger partial charge on any atom is -0.481 e. The molecule has 1 aromatic carbocycles. The van der Waals surface area contributed by atoms with E-state index in [4.69, 9.17) is 0 Å². The molecule has 7 nitrogen and oxygen atoms in total. The van der Waals surface area contributed by atoms with Crippen LogP contribution in [-0.4, -0.2) is 40.8 Å². The highest BCUT2D eigenvalue weighted by molar-refractivity contribution is 9.10. The summed E-state index contributed by atoms with van der Waals surface area (Å²) in [6.45, 7) is 3.60. The van der Waals surface area contributed by atoms with E-state index in [-0.39, 0.29) is 16.1 Å². The lowest BCUT2D eigenvalue weighted by Gasteiger charge is -2.26. The fourth-order valence-electron chi connectivity index (χ4n) is 3.48. The van der Waals surface area contributed by atoms with Crippen LogP contribution in [0.1, 0.15) is 39.5 Å². The number of alkyl halides is 3. The lowest BCUT2D eigenvalue weighted by molar-refractivity contribution is -0.274. The molecule has 192 valence electrons. The van der Waals surface area contributed by atoms with Crippen LogP contribution in [-0.2, 0) is 4.79 Å². The molecule has 1 fully saturated rings. The Kier molecular flexibility index (Phi) is 8.97. The molecule has 1 aromatic heterocycles. The summed E-state index contributed by atoms with van der Waals surface area (Å²) in [6.07, 6.45) is 0.640. The van der Waals surface area contributed by atoms with Crippen LogP contribution < -0.4 is 15.0 Å². The van der Waals surface area contributed by atoms with Gasteiger partial charge in [0.05, 0.1) is 20.3 Å². The summed E-state index contributed by atoms with van der Waals surface area (Å²) >= 11 is 5.59. The maximum absolute atomic E-state index is 13.2. The zero-order valence-electron chi connectivity index (χ0n) is 19.0. The second-order valence-corrected chi connectivity index (χ2v) is 12.0. The van der Waals surface area contributed by atoms with E-state index in [1.54, 1.807) is 26.1 Å². The van der Waals surface area contributed by atoms with Gasteiger partial charge in [0.15, 0.2) is 5.13 Å². The summed E-state index contributed by atoms with van der Waals surface area (Å²) in [6, 6.07) is 3.63. The first-order chi connectivity index (χ1) is 16.3. The van der Waals surface area contributed by atoms with Crippen LogP contribution in [0.4, 0.5) is 28.8 Å². The monoisotopic (exact) mass is 595 g/mol. The number of thioether (sulfide) groups is 1. The van der Waals surface area contributed by atoms with Gasteiger partial charge in [0.25, 0.3) is 0 Å². The number of benzene rings is 1. The number of carboxylic acids is 1. The summed E-state index contributed by atoms with van der Waals surface area (Å²) in [5, 5.41) is 12.3. The molecule has 0 radical (unpaired) electrons. The Bertz CT molecular complexity index is 1060. The molecule has 0 unspecified atom stereocenters. The van der Waals surface area contributed by atoms with Crippen molar-refractivity contribution in [3.63, 3.8) is 0 Å². The SMILES string of the molecule is CC(C)(CSc1cnc(NC(=O)N(CC2CCCC2)c2ccc(Br)c(OC(F)(F)F)c2)s1)C(=O)O. The fraction of sp³-hybridized carbons (Fsp3) is 0.500. The molecule has 2 aromatic rings. The molecule has 0 aliphatic heterocycles. The number of aromatic nitrogens is 1. The Balaban J connectivity index is 1.77. The number of urea groups is 1. The molecule has 0 atom stereocenters. The molecule has 1 aliphatic rings. The van der Waals surface area contributed by atoms with Crippen LogP contribution in [0.3, 0.4) is 0 Å². The van der Waals surface area contributed by atoms with Crippen molar-refractivity contribution in [3.8, 4) is 5.75 Å². The van der Waals surface area contributed by atoms with Crippen LogP contribution in [0.2, 0.25) is 0 Å². The van der Waals surface area contributed by atoms with Gasteiger partial charge in [-0.05, 0) is 60.7 Å². The zero-order valence-corrected chi connectivity index (χ0v) is 22.2. The molecule has 0 bridgehead atoms. The largest absolute Gasteiger partial charge is 0.573 e. The Labute approximate surface area is 217 Å². The van der Waals surface area contributed by atoms with Gasteiger partial charge in [-0.15, -0.1) is 24.9 Å². The third-order valence-electron chi connectivity index (χ3n) is 5.47. The predicted octanol–water partition coefficient (Wildman–Crippen LogP) is 7.24. The number of amides is 2. The van der Waals surface area contributed by atoms with Crippen molar-refractivity contribution in [2.75, 3.05) is 22.5 Å². The lowest BCUT2D eigenvalue weighted by Crippen LogP contribution is -2.38. The van der Waals surface area contributed by atoms with E-state index in [1.807, 2.05) is 0 Å². The summed E-state index contributed by atoms with van der Waals surface area (Å²) in [5.74, 6) is -0.786. The number of anilines is 2. The van der Waals surface area contributed by atoms with Gasteiger partial charge >= 0.3 is 18.4 Å². The van der Waals surface area contributed by atoms with Crippen molar-refractivity contribution in [1.29, 1.82) is 0 Å². The van der Waals surface area contributed by atoms with Crippen molar-refractivity contribution >= 4 is 61.8 Å². The van der Waals surface area contributed by atoms with Crippen molar-refractivity contribution < 1.29 is 32.6 Å². The molecule has 1 saturated carbocycles. The van der Waals surface area contributed by atoms with Gasteiger partial charge in [-0.25, -0.2) is 9.78 Å². The van der Waals surface area contributed by atoms with E-state index in [0.717, 1.165) is 29.9 Å². The highest BCUT2D eigenvalue weighted by Crippen LogP contribution is 2.37. The Morgan fingerprint density at radius 3 is 2.63 bits per heavy atom. The smallest absolute Gasteiger partial charge is 0.481 e. The first-order valence-electron chi connectivity index (χ1n) is 10.8. The van der Waals surface area contributed by atoms with Crippen LogP contribution in [0.15, 0.2) is 33.1 Å². The van der Waals surface area contributed by atoms with Gasteiger partial charge in [-0.3, -0.25) is 15.0 Å². The second-order valence-electron chi connectivity index (χ2n) is 8.82. The van der Waals surface area contributed by atoms with Crippen molar-refractivity contribution in [2.24, 2.45) is 11.3 Å². The topological polar surface area (TPSA) is 91.8 Å². The van der Waals surface area contributed by atoms with Gasteiger partial charge in [0, 0.05) is 24.1 Å². The molecule has 1 aliphatic carbocycles. The maximum atomic E-state index is 13.2. The fourth-order valence-corrected chi connectivity index (χ4v) is 5.75. The number of nitrogens with one attached hydrogen (secondary N) is 1. The Morgan fingerprint density at radius 1 is 1.31 bits per heavy atom. The number of halogens is 4. The number of carboxylic acid groups (broad SMARTS) is 1. The summed E-state index contributed by atoms with van der Waals surface area (Å²) < 4.78 is 43.5. The summed E-state index contributed by atoms with van der Waals surface area (Å²) in [5.41, 5.74) is -0.653. The molecule has 1 heterocycles. The predicted molar refractivity (Wildman–Crippen MR) is 133 cm³/mol. The molecule has 0 saturated heterocycles. The third kappa shape index (κ3) is 8.01. The zero-order chi connectivity index (χ0) is 25.8. The molecule has 2 N–H and O–H groups in total. The number of hydrogen-bond donors (Lipinski definition) is 2. The molecule has 0 spiro atoms. The summed E-state index contributed by atoms with van der Waals surface area (Å²) in [4.78, 5) is 30.1. The van der Waals surface area contributed by atoms with Crippen molar-refractivity contribution in [2.45, 2.75) is 50.1 Å². The van der Waals surface area contributed by atoms with Gasteiger partial charge in [-0.1, -0.05) is 24.2 Å². The van der Waals surface area contributed by atoms with Gasteiger partial charge in [0.2, 0.25) is 0 Å². The Hall–Kier alpha value is -1.99. The third-order valence-corrected chi connectivity index (χ3v) is 8.69. The number of hydrogen-bond acceptors (Lipinski definition) is 6. The number of carbonyl (C=O) groups excluding carboxylic acids is 1. The molecular weight excluding hydrogens is 571 g/mol. The van der Waals surface area contributed by atoms with Crippen LogP contribution in [0.5, 0.6) is 5.75 Å². The van der Waals surface area contributed by atoms with Crippen molar-refractivity contribution in [1.82, 2.24) is 4.98 Å². The Morgan fingerprint density at radius 2 is 2.00 bits per heavy atom. The van der Waals surface area contributed by atoms with E-state index >= 15 is 0 Å². The highest BCUT2D eigenvalue weighted by Gasteiger charge is 2.33. The average Bonchev–Trinajstić information content (AvgIpc) is 3.43. The molecule has 35 heavy (non-hydrogen) atoms. The summed E-state index contributed by atoms with van der Waals surface area (Å²) in [7, 11) is 0. The van der Waals surface area contributed by atoms with E-state index < -0.39 is 29.5 Å². The molecule has 2 amide bonds. The number of ether oxygens (including phenoxy) is 1.